The van der Waals surface area contributed by atoms with Gasteiger partial charge in [0.05, 0.1) is 12.7 Å². The molecule has 1 saturated heterocycles. The fourth-order valence-electron chi connectivity index (χ4n) is 2.57. The van der Waals surface area contributed by atoms with E-state index in [1.54, 1.807) is 7.11 Å². The first kappa shape index (κ1) is 13.9. The average molecular weight is 262 g/mol. The number of amides is 1. The van der Waals surface area contributed by atoms with Gasteiger partial charge in [-0.1, -0.05) is 12.1 Å². The molecule has 4 heteroatoms. The van der Waals surface area contributed by atoms with E-state index in [1.165, 1.54) is 0 Å². The standard InChI is InChI=1S/C15H22N2O2/c1-17(12-6-5-10-16-11-9-12)15(18)13-7-3-4-8-14(13)19-2/h3-4,7-8,12,16H,5-6,9-11H2,1-2H3. The SMILES string of the molecule is COc1ccccc1C(=O)N(C)C1CCCNCC1. The summed E-state index contributed by atoms with van der Waals surface area (Å²) in [6.07, 6.45) is 3.19. The summed E-state index contributed by atoms with van der Waals surface area (Å²) < 4.78 is 5.27. The molecule has 2 rings (SSSR count). The molecule has 19 heavy (non-hydrogen) atoms. The highest BCUT2D eigenvalue weighted by atomic mass is 16.5. The van der Waals surface area contributed by atoms with Gasteiger partial charge in [0.1, 0.15) is 5.75 Å². The van der Waals surface area contributed by atoms with Crippen LogP contribution in [0.1, 0.15) is 29.6 Å². The topological polar surface area (TPSA) is 41.6 Å². The van der Waals surface area contributed by atoms with E-state index in [-0.39, 0.29) is 5.91 Å². The number of hydrogen-bond acceptors (Lipinski definition) is 3. The third-order valence-electron chi connectivity index (χ3n) is 3.75. The van der Waals surface area contributed by atoms with Crippen molar-refractivity contribution in [2.75, 3.05) is 27.2 Å². The van der Waals surface area contributed by atoms with E-state index in [2.05, 4.69) is 5.32 Å². The van der Waals surface area contributed by atoms with Crippen LogP contribution in [0.3, 0.4) is 0 Å². The number of para-hydroxylation sites is 1. The number of nitrogens with zero attached hydrogens (tertiary/aromatic N) is 1. The van der Waals surface area contributed by atoms with E-state index in [0.29, 0.717) is 17.4 Å². The lowest BCUT2D eigenvalue weighted by Crippen LogP contribution is -2.37. The van der Waals surface area contributed by atoms with E-state index in [0.717, 1.165) is 32.4 Å². The summed E-state index contributed by atoms with van der Waals surface area (Å²) in [4.78, 5) is 14.4. The number of methoxy groups -OCH3 is 1. The largest absolute Gasteiger partial charge is 0.496 e. The number of benzene rings is 1. The van der Waals surface area contributed by atoms with Crippen molar-refractivity contribution >= 4 is 5.91 Å². The Kier molecular flexibility index (Phi) is 4.80. The molecule has 0 aliphatic carbocycles. The molecule has 1 heterocycles. The highest BCUT2D eigenvalue weighted by Gasteiger charge is 2.23. The third-order valence-corrected chi connectivity index (χ3v) is 3.75. The Morgan fingerprint density at radius 2 is 2.11 bits per heavy atom. The first-order valence-electron chi connectivity index (χ1n) is 6.85. The Bertz CT molecular complexity index is 426. The summed E-state index contributed by atoms with van der Waals surface area (Å²) in [5.41, 5.74) is 0.643. The van der Waals surface area contributed by atoms with Crippen LogP contribution in [0, 0.1) is 0 Å². The van der Waals surface area contributed by atoms with Crippen LogP contribution in [0.15, 0.2) is 24.3 Å². The molecule has 0 saturated carbocycles. The number of rotatable bonds is 3. The quantitative estimate of drug-likeness (QED) is 0.904. The molecule has 1 fully saturated rings. The zero-order chi connectivity index (χ0) is 13.7. The minimum absolute atomic E-state index is 0.0457. The molecule has 104 valence electrons. The normalized spacial score (nSPS) is 19.6. The smallest absolute Gasteiger partial charge is 0.257 e. The number of carbonyl (C=O) groups excluding carboxylic acids is 1. The highest BCUT2D eigenvalue weighted by molar-refractivity contribution is 5.97. The van der Waals surface area contributed by atoms with Gasteiger partial charge in [-0.15, -0.1) is 0 Å². The Labute approximate surface area is 114 Å². The van der Waals surface area contributed by atoms with Crippen molar-refractivity contribution in [1.29, 1.82) is 0 Å². The van der Waals surface area contributed by atoms with Crippen LogP contribution in [-0.2, 0) is 0 Å². The second kappa shape index (κ2) is 6.57. The van der Waals surface area contributed by atoms with E-state index in [9.17, 15) is 4.79 Å². The lowest BCUT2D eigenvalue weighted by molar-refractivity contribution is 0.0717. The summed E-state index contributed by atoms with van der Waals surface area (Å²) in [5, 5.41) is 3.37. The van der Waals surface area contributed by atoms with Crippen molar-refractivity contribution < 1.29 is 9.53 Å². The van der Waals surface area contributed by atoms with Crippen LogP contribution in [0.5, 0.6) is 5.75 Å². The predicted octanol–water partition coefficient (Wildman–Crippen LogP) is 1.91. The molecule has 1 N–H and O–H groups in total. The van der Waals surface area contributed by atoms with Gasteiger partial charge in [-0.25, -0.2) is 0 Å². The summed E-state index contributed by atoms with van der Waals surface area (Å²) in [6, 6.07) is 7.72. The average Bonchev–Trinajstić information content (AvgIpc) is 2.74. The van der Waals surface area contributed by atoms with Crippen molar-refractivity contribution in [2.45, 2.75) is 25.3 Å². The van der Waals surface area contributed by atoms with Crippen LogP contribution in [0.25, 0.3) is 0 Å². The lowest BCUT2D eigenvalue weighted by atomic mass is 10.1. The van der Waals surface area contributed by atoms with Crippen molar-refractivity contribution in [3.05, 3.63) is 29.8 Å². The van der Waals surface area contributed by atoms with Gasteiger partial charge in [-0.05, 0) is 44.5 Å². The monoisotopic (exact) mass is 262 g/mol. The number of ether oxygens (including phenoxy) is 1. The molecular formula is C15H22N2O2. The summed E-state index contributed by atoms with van der Waals surface area (Å²) >= 11 is 0. The number of carbonyl (C=O) groups is 1. The number of nitrogens with one attached hydrogen (secondary N) is 1. The van der Waals surface area contributed by atoms with Gasteiger partial charge in [-0.3, -0.25) is 4.79 Å². The molecular weight excluding hydrogens is 240 g/mol. The maximum Gasteiger partial charge on any atom is 0.257 e. The lowest BCUT2D eigenvalue weighted by Gasteiger charge is -2.27. The van der Waals surface area contributed by atoms with Gasteiger partial charge < -0.3 is 15.0 Å². The van der Waals surface area contributed by atoms with Crippen LogP contribution in [0.2, 0.25) is 0 Å². The van der Waals surface area contributed by atoms with Crippen LogP contribution in [0.4, 0.5) is 0 Å². The molecule has 1 aliphatic heterocycles. The van der Waals surface area contributed by atoms with Crippen molar-refractivity contribution in [1.82, 2.24) is 10.2 Å². The molecule has 1 aliphatic rings. The van der Waals surface area contributed by atoms with E-state index < -0.39 is 0 Å². The molecule has 1 unspecified atom stereocenters. The van der Waals surface area contributed by atoms with Crippen molar-refractivity contribution in [3.63, 3.8) is 0 Å². The molecule has 0 bridgehead atoms. The zero-order valence-electron chi connectivity index (χ0n) is 11.7. The van der Waals surface area contributed by atoms with E-state index in [4.69, 9.17) is 4.74 Å². The molecule has 0 radical (unpaired) electrons. The van der Waals surface area contributed by atoms with Gasteiger partial charge in [0.15, 0.2) is 0 Å². The minimum Gasteiger partial charge on any atom is -0.496 e. The van der Waals surface area contributed by atoms with Crippen molar-refractivity contribution in [3.8, 4) is 5.75 Å². The van der Waals surface area contributed by atoms with E-state index >= 15 is 0 Å². The Balaban J connectivity index is 2.13. The second-order valence-electron chi connectivity index (χ2n) is 4.95. The third kappa shape index (κ3) is 3.26. The fourth-order valence-corrected chi connectivity index (χ4v) is 2.57. The van der Waals surface area contributed by atoms with E-state index in [1.807, 2.05) is 36.2 Å². The first-order chi connectivity index (χ1) is 9.24. The fraction of sp³-hybridized carbons (Fsp3) is 0.533. The van der Waals surface area contributed by atoms with Crippen molar-refractivity contribution in [2.24, 2.45) is 0 Å². The highest BCUT2D eigenvalue weighted by Crippen LogP contribution is 2.21. The Hall–Kier alpha value is -1.55. The first-order valence-corrected chi connectivity index (χ1v) is 6.85. The molecule has 1 aromatic carbocycles. The van der Waals surface area contributed by atoms with Gasteiger partial charge in [0.25, 0.3) is 5.91 Å². The Morgan fingerprint density at radius 3 is 2.89 bits per heavy atom. The Morgan fingerprint density at radius 1 is 1.32 bits per heavy atom. The molecule has 1 aromatic rings. The second-order valence-corrected chi connectivity index (χ2v) is 4.95. The number of hydrogen-bond donors (Lipinski definition) is 1. The molecule has 1 atom stereocenters. The van der Waals surface area contributed by atoms with Crippen LogP contribution >= 0.6 is 0 Å². The van der Waals surface area contributed by atoms with Gasteiger partial charge in [0.2, 0.25) is 0 Å². The molecule has 0 aromatic heterocycles. The zero-order valence-corrected chi connectivity index (χ0v) is 11.7. The van der Waals surface area contributed by atoms with Gasteiger partial charge >= 0.3 is 0 Å². The predicted molar refractivity (Wildman–Crippen MR) is 75.6 cm³/mol. The summed E-state index contributed by atoms with van der Waals surface area (Å²) in [5.74, 6) is 0.690. The molecule has 1 amide bonds. The van der Waals surface area contributed by atoms with Crippen LogP contribution in [-0.4, -0.2) is 44.1 Å². The maximum absolute atomic E-state index is 12.6. The van der Waals surface area contributed by atoms with Gasteiger partial charge in [-0.2, -0.15) is 0 Å². The maximum atomic E-state index is 12.6. The summed E-state index contributed by atoms with van der Waals surface area (Å²) in [6.45, 7) is 2.03. The van der Waals surface area contributed by atoms with Gasteiger partial charge in [0, 0.05) is 13.1 Å². The molecule has 4 nitrogen and oxygen atoms in total. The minimum atomic E-state index is 0.0457. The summed E-state index contributed by atoms with van der Waals surface area (Å²) in [7, 11) is 3.49. The molecule has 0 spiro atoms. The van der Waals surface area contributed by atoms with Crippen LogP contribution < -0.4 is 10.1 Å².